The van der Waals surface area contributed by atoms with Gasteiger partial charge in [0.2, 0.25) is 0 Å². The molecule has 0 aliphatic carbocycles. The maximum Gasteiger partial charge on any atom is 0.178 e. The van der Waals surface area contributed by atoms with Gasteiger partial charge in [-0.2, -0.15) is 0 Å². The molecule has 2 aromatic heterocycles. The number of aromatic nitrogens is 2. The van der Waals surface area contributed by atoms with Gasteiger partial charge in [-0.05, 0) is 84.5 Å². The van der Waals surface area contributed by atoms with Gasteiger partial charge in [0.15, 0.2) is 5.84 Å². The van der Waals surface area contributed by atoms with Crippen LogP contribution in [0.5, 0.6) is 0 Å². The number of anilines is 3. The van der Waals surface area contributed by atoms with Crippen molar-refractivity contribution in [2.24, 2.45) is 15.0 Å². The lowest BCUT2D eigenvalue weighted by Crippen LogP contribution is -2.31. The second-order valence-electron chi connectivity index (χ2n) is 12.3. The molecular weight excluding hydrogens is 576 g/mol. The molecule has 0 bridgehead atoms. The minimum absolute atomic E-state index is 0.227. The van der Waals surface area contributed by atoms with E-state index in [4.69, 9.17) is 15.0 Å². The van der Waals surface area contributed by atoms with E-state index in [9.17, 15) is 0 Å². The first-order valence-electron chi connectivity index (χ1n) is 15.9. The largest absolute Gasteiger partial charge is 0.294 e. The average Bonchev–Trinajstić information content (AvgIpc) is 3.12. The number of rotatable bonds is 6. The van der Waals surface area contributed by atoms with E-state index in [1.807, 2.05) is 43.6 Å². The van der Waals surface area contributed by atoms with Gasteiger partial charge in [-0.3, -0.25) is 14.9 Å². The number of benzene rings is 3. The Balaban J connectivity index is 1.26. The number of pyridine rings is 2. The van der Waals surface area contributed by atoms with Crippen LogP contribution in [0.1, 0.15) is 56.0 Å². The topological polar surface area (TPSA) is 66.1 Å². The SMILES string of the molecule is C=C(N=C(N=C(C)c1ccc(N2c3ccc(-c4ccccc4)cc3C(C)(C)c3cccnc32)cc1)C1=CCCC=N1)c1ccccn1. The summed E-state index contributed by atoms with van der Waals surface area (Å²) in [6.45, 7) is 10.7. The highest BCUT2D eigenvalue weighted by Crippen LogP contribution is 2.51. The Bertz CT molecular complexity index is 2070. The molecule has 0 spiro atoms. The minimum atomic E-state index is -0.227. The normalized spacial score (nSPS) is 15.5. The summed E-state index contributed by atoms with van der Waals surface area (Å²) in [4.78, 5) is 26.0. The molecule has 7 rings (SSSR count). The second kappa shape index (κ2) is 12.6. The molecule has 6 nitrogen and oxygen atoms in total. The summed E-state index contributed by atoms with van der Waals surface area (Å²) in [7, 11) is 0. The quantitative estimate of drug-likeness (QED) is 0.142. The highest BCUT2D eigenvalue weighted by molar-refractivity contribution is 6.13. The molecule has 6 heteroatoms. The van der Waals surface area contributed by atoms with Crippen LogP contribution in [0.15, 0.2) is 149 Å². The number of allylic oxidation sites excluding steroid dienone is 1. The van der Waals surface area contributed by atoms with Crippen LogP contribution in [0.3, 0.4) is 0 Å². The maximum atomic E-state index is 4.98. The predicted molar refractivity (Wildman–Crippen MR) is 195 cm³/mol. The summed E-state index contributed by atoms with van der Waals surface area (Å²) >= 11 is 0. The zero-order valence-corrected chi connectivity index (χ0v) is 26.9. The summed E-state index contributed by atoms with van der Waals surface area (Å²) in [6.07, 6.45) is 9.41. The molecule has 4 heterocycles. The average molecular weight is 613 g/mol. The van der Waals surface area contributed by atoms with Gasteiger partial charge < -0.3 is 0 Å². The summed E-state index contributed by atoms with van der Waals surface area (Å²) in [5.41, 5.74) is 10.6. The van der Waals surface area contributed by atoms with Crippen LogP contribution in [-0.4, -0.2) is 27.7 Å². The van der Waals surface area contributed by atoms with Crippen LogP contribution < -0.4 is 4.90 Å². The zero-order chi connectivity index (χ0) is 32.4. The van der Waals surface area contributed by atoms with Crippen LogP contribution in [0.4, 0.5) is 17.2 Å². The van der Waals surface area contributed by atoms with E-state index >= 15 is 0 Å². The summed E-state index contributed by atoms with van der Waals surface area (Å²) in [5, 5.41) is 0. The number of aliphatic imine (C=N–C) groups is 3. The summed E-state index contributed by atoms with van der Waals surface area (Å²) < 4.78 is 0. The van der Waals surface area contributed by atoms with Gasteiger partial charge in [-0.15, -0.1) is 0 Å². The molecule has 2 aliphatic heterocycles. The van der Waals surface area contributed by atoms with Crippen molar-refractivity contribution in [3.05, 3.63) is 156 Å². The molecule has 0 saturated carbocycles. The molecule has 0 unspecified atom stereocenters. The lowest BCUT2D eigenvalue weighted by molar-refractivity contribution is 0.627. The van der Waals surface area contributed by atoms with Gasteiger partial charge in [0.25, 0.3) is 0 Å². The first-order valence-corrected chi connectivity index (χ1v) is 15.9. The Morgan fingerprint density at radius 1 is 0.766 bits per heavy atom. The van der Waals surface area contributed by atoms with Gasteiger partial charge in [-0.25, -0.2) is 15.0 Å². The number of hydrogen-bond acceptors (Lipinski definition) is 5. The van der Waals surface area contributed by atoms with Gasteiger partial charge >= 0.3 is 0 Å². The van der Waals surface area contributed by atoms with E-state index in [1.165, 1.54) is 22.3 Å². The molecular formula is C41H36N6. The second-order valence-corrected chi connectivity index (χ2v) is 12.3. The molecule has 5 aromatic rings. The molecule has 0 amide bonds. The lowest BCUT2D eigenvalue weighted by Gasteiger charge is -2.41. The monoisotopic (exact) mass is 612 g/mol. The predicted octanol–water partition coefficient (Wildman–Crippen LogP) is 9.88. The molecule has 0 fully saturated rings. The Morgan fingerprint density at radius 2 is 1.55 bits per heavy atom. The molecule has 0 N–H and O–H groups in total. The lowest BCUT2D eigenvalue weighted by atomic mass is 9.74. The summed E-state index contributed by atoms with van der Waals surface area (Å²) in [5.74, 6) is 1.47. The number of amidine groups is 1. The number of fused-ring (bicyclic) bond motifs is 2. The van der Waals surface area contributed by atoms with E-state index in [-0.39, 0.29) is 5.41 Å². The molecule has 230 valence electrons. The van der Waals surface area contributed by atoms with Crippen molar-refractivity contribution < 1.29 is 0 Å². The smallest absolute Gasteiger partial charge is 0.178 e. The third-order valence-electron chi connectivity index (χ3n) is 8.80. The number of nitrogens with zero attached hydrogens (tertiary/aromatic N) is 6. The number of hydrogen-bond donors (Lipinski definition) is 0. The fourth-order valence-corrected chi connectivity index (χ4v) is 6.22. The van der Waals surface area contributed by atoms with Crippen LogP contribution in [0, 0.1) is 0 Å². The van der Waals surface area contributed by atoms with Crippen molar-refractivity contribution in [2.75, 3.05) is 4.90 Å². The Kier molecular flexibility index (Phi) is 8.00. The van der Waals surface area contributed by atoms with Crippen molar-refractivity contribution in [3.8, 4) is 11.1 Å². The fourth-order valence-electron chi connectivity index (χ4n) is 6.22. The van der Waals surface area contributed by atoms with Crippen LogP contribution >= 0.6 is 0 Å². The third kappa shape index (κ3) is 5.86. The maximum absolute atomic E-state index is 4.98. The first kappa shape index (κ1) is 29.9. The molecule has 2 aliphatic rings. The minimum Gasteiger partial charge on any atom is -0.294 e. The molecule has 47 heavy (non-hydrogen) atoms. The van der Waals surface area contributed by atoms with Gasteiger partial charge in [-0.1, -0.05) is 87.2 Å². The standard InChI is InChI=1S/C41H36N6/c1-28(45-39(37-17-9-11-25-43-37)46-29(2)36-16-8-10-24-42-36)30-18-21-33(22-19-30)47-38-23-20-32(31-13-6-5-7-14-31)27-35(38)41(3,4)34-15-12-26-44-40(34)47/h5-8,10,12-27H,2,9,11H2,1,3-4H3. The van der Waals surface area contributed by atoms with Gasteiger partial charge in [0, 0.05) is 41.0 Å². The van der Waals surface area contributed by atoms with Crippen LogP contribution in [0.2, 0.25) is 0 Å². The van der Waals surface area contributed by atoms with Crippen molar-refractivity contribution in [3.63, 3.8) is 0 Å². The highest BCUT2D eigenvalue weighted by atomic mass is 15.2. The van der Waals surface area contributed by atoms with Crippen LogP contribution in [-0.2, 0) is 5.41 Å². The van der Waals surface area contributed by atoms with Gasteiger partial charge in [0.1, 0.15) is 11.5 Å². The highest BCUT2D eigenvalue weighted by Gasteiger charge is 2.38. The van der Waals surface area contributed by atoms with E-state index in [1.54, 1.807) is 6.20 Å². The van der Waals surface area contributed by atoms with Crippen LogP contribution in [0.25, 0.3) is 16.8 Å². The molecule has 3 aromatic carbocycles. The summed E-state index contributed by atoms with van der Waals surface area (Å²) in [6, 6.07) is 35.7. The molecule has 0 radical (unpaired) electrons. The zero-order valence-electron chi connectivity index (χ0n) is 26.9. The van der Waals surface area contributed by atoms with E-state index in [0.717, 1.165) is 47.0 Å². The molecule has 0 saturated heterocycles. The Labute approximate surface area is 276 Å². The van der Waals surface area contributed by atoms with Crippen molar-refractivity contribution >= 4 is 40.7 Å². The van der Waals surface area contributed by atoms with Gasteiger partial charge in [0.05, 0.1) is 17.1 Å². The third-order valence-corrected chi connectivity index (χ3v) is 8.80. The first-order chi connectivity index (χ1) is 22.9. The fraction of sp³-hybridized carbons (Fsp3) is 0.146. The Hall–Kier alpha value is -5.75. The Morgan fingerprint density at radius 3 is 2.30 bits per heavy atom. The molecule has 0 atom stereocenters. The van der Waals surface area contributed by atoms with Crippen molar-refractivity contribution in [2.45, 2.75) is 39.0 Å². The van der Waals surface area contributed by atoms with Crippen molar-refractivity contribution in [1.82, 2.24) is 9.97 Å². The van der Waals surface area contributed by atoms with E-state index < -0.39 is 0 Å². The van der Waals surface area contributed by atoms with Crippen molar-refractivity contribution in [1.29, 1.82) is 0 Å². The van der Waals surface area contributed by atoms with E-state index in [2.05, 4.69) is 120 Å². The van der Waals surface area contributed by atoms with E-state index in [0.29, 0.717) is 17.2 Å².